The van der Waals surface area contributed by atoms with Gasteiger partial charge in [0.1, 0.15) is 16.4 Å². The van der Waals surface area contributed by atoms with E-state index in [-0.39, 0.29) is 22.4 Å². The normalized spacial score (nSPS) is 11.4. The topological polar surface area (TPSA) is 105 Å². The summed E-state index contributed by atoms with van der Waals surface area (Å²) in [6.07, 6.45) is 0.0354. The Kier molecular flexibility index (Phi) is 4.46. The van der Waals surface area contributed by atoms with Gasteiger partial charge in [0.15, 0.2) is 0 Å². The van der Waals surface area contributed by atoms with Crippen molar-refractivity contribution in [3.8, 4) is 11.5 Å². The van der Waals surface area contributed by atoms with Gasteiger partial charge in [-0.2, -0.15) is 8.42 Å². The molecule has 6 nitrogen and oxygen atoms in total. The molecule has 0 saturated heterocycles. The summed E-state index contributed by atoms with van der Waals surface area (Å²) in [4.78, 5) is -0.0540. The SMILES string of the molecule is CC(C)Oc1ccc(OS(=O)(=O)c2ccc(N)c(N)c2)cc1. The molecule has 0 saturated carbocycles. The molecule has 0 heterocycles. The standard InChI is InChI=1S/C15H18N2O4S/c1-10(2)20-11-3-5-12(6-4-11)21-22(18,19)13-7-8-14(16)15(17)9-13/h3-10H,16-17H2,1-2H3. The first-order chi connectivity index (χ1) is 10.3. The Bertz CT molecular complexity index is 756. The Balaban J connectivity index is 2.19. The molecule has 2 aromatic rings. The Morgan fingerprint density at radius 3 is 2.05 bits per heavy atom. The maximum Gasteiger partial charge on any atom is 0.339 e. The molecule has 0 aliphatic carbocycles. The summed E-state index contributed by atoms with van der Waals surface area (Å²) in [7, 11) is -3.96. The van der Waals surface area contributed by atoms with Crippen molar-refractivity contribution in [2.24, 2.45) is 0 Å². The molecule has 7 heteroatoms. The van der Waals surface area contributed by atoms with E-state index in [0.29, 0.717) is 11.4 Å². The van der Waals surface area contributed by atoms with E-state index in [4.69, 9.17) is 20.4 Å². The first kappa shape index (κ1) is 16.0. The first-order valence-corrected chi connectivity index (χ1v) is 8.05. The molecule has 0 radical (unpaired) electrons. The smallest absolute Gasteiger partial charge is 0.339 e. The summed E-state index contributed by atoms with van der Waals surface area (Å²) in [5, 5.41) is 0. The minimum absolute atomic E-state index is 0.0354. The lowest BCUT2D eigenvalue weighted by molar-refractivity contribution is 0.242. The molecule has 2 rings (SSSR count). The average Bonchev–Trinajstić information content (AvgIpc) is 2.43. The molecule has 0 aromatic heterocycles. The fourth-order valence-electron chi connectivity index (χ4n) is 1.73. The Labute approximate surface area is 129 Å². The van der Waals surface area contributed by atoms with Gasteiger partial charge >= 0.3 is 10.1 Å². The van der Waals surface area contributed by atoms with Gasteiger partial charge in [0.25, 0.3) is 0 Å². The van der Waals surface area contributed by atoms with E-state index >= 15 is 0 Å². The lowest BCUT2D eigenvalue weighted by Crippen LogP contribution is -2.11. The number of nitrogen functional groups attached to an aromatic ring is 2. The minimum atomic E-state index is -3.96. The van der Waals surface area contributed by atoms with Crippen LogP contribution >= 0.6 is 0 Å². The molecule has 0 aliphatic rings. The quantitative estimate of drug-likeness (QED) is 0.647. The zero-order valence-electron chi connectivity index (χ0n) is 12.3. The van der Waals surface area contributed by atoms with Crippen LogP contribution < -0.4 is 20.4 Å². The maximum atomic E-state index is 12.2. The molecule has 0 spiro atoms. The fraction of sp³-hybridized carbons (Fsp3) is 0.200. The number of hydrogen-bond acceptors (Lipinski definition) is 6. The molecule has 118 valence electrons. The van der Waals surface area contributed by atoms with Crippen molar-refractivity contribution in [1.82, 2.24) is 0 Å². The second-order valence-corrected chi connectivity index (χ2v) is 6.51. The van der Waals surface area contributed by atoms with Crippen LogP contribution in [0, 0.1) is 0 Å². The number of ether oxygens (including phenoxy) is 1. The first-order valence-electron chi connectivity index (χ1n) is 6.64. The second-order valence-electron chi connectivity index (χ2n) is 4.97. The predicted octanol–water partition coefficient (Wildman–Crippen LogP) is 2.41. The molecule has 2 aromatic carbocycles. The molecule has 0 fully saturated rings. The Hall–Kier alpha value is -2.41. The van der Waals surface area contributed by atoms with Crippen LogP contribution in [0.4, 0.5) is 11.4 Å². The zero-order chi connectivity index (χ0) is 16.3. The molecule has 4 N–H and O–H groups in total. The van der Waals surface area contributed by atoms with Gasteiger partial charge in [0, 0.05) is 0 Å². The number of nitrogens with two attached hydrogens (primary N) is 2. The molecular weight excluding hydrogens is 304 g/mol. The summed E-state index contributed by atoms with van der Waals surface area (Å²) < 4.78 is 34.9. The summed E-state index contributed by atoms with van der Waals surface area (Å²) in [6.45, 7) is 3.81. The minimum Gasteiger partial charge on any atom is -0.491 e. The van der Waals surface area contributed by atoms with Crippen molar-refractivity contribution in [3.63, 3.8) is 0 Å². The maximum absolute atomic E-state index is 12.2. The van der Waals surface area contributed by atoms with Gasteiger partial charge in [0.2, 0.25) is 0 Å². The molecule has 22 heavy (non-hydrogen) atoms. The molecule has 0 bridgehead atoms. The van der Waals surface area contributed by atoms with E-state index in [1.165, 1.54) is 30.3 Å². The highest BCUT2D eigenvalue weighted by Crippen LogP contribution is 2.25. The molecule has 0 atom stereocenters. The van der Waals surface area contributed by atoms with Gasteiger partial charge in [-0.15, -0.1) is 0 Å². The van der Waals surface area contributed by atoms with Gasteiger partial charge in [-0.3, -0.25) is 0 Å². The predicted molar refractivity (Wildman–Crippen MR) is 85.3 cm³/mol. The van der Waals surface area contributed by atoms with Crippen LogP contribution in [0.2, 0.25) is 0 Å². The molecule has 0 aliphatic heterocycles. The van der Waals surface area contributed by atoms with E-state index < -0.39 is 10.1 Å². The van der Waals surface area contributed by atoms with Gasteiger partial charge in [-0.25, -0.2) is 0 Å². The van der Waals surface area contributed by atoms with Gasteiger partial charge in [-0.1, -0.05) is 0 Å². The van der Waals surface area contributed by atoms with Crippen LogP contribution in [-0.4, -0.2) is 14.5 Å². The highest BCUT2D eigenvalue weighted by atomic mass is 32.2. The van der Waals surface area contributed by atoms with Crippen LogP contribution in [0.1, 0.15) is 13.8 Å². The second kappa shape index (κ2) is 6.15. The Morgan fingerprint density at radius 2 is 1.50 bits per heavy atom. The van der Waals surface area contributed by atoms with Crippen LogP contribution in [-0.2, 0) is 10.1 Å². The third kappa shape index (κ3) is 3.82. The number of benzene rings is 2. The van der Waals surface area contributed by atoms with E-state index in [1.54, 1.807) is 12.1 Å². The third-order valence-corrected chi connectivity index (χ3v) is 3.99. The summed E-state index contributed by atoms with van der Waals surface area (Å²) in [5.74, 6) is 0.822. The highest BCUT2D eigenvalue weighted by molar-refractivity contribution is 7.87. The zero-order valence-corrected chi connectivity index (χ0v) is 13.1. The Morgan fingerprint density at radius 1 is 0.909 bits per heavy atom. The van der Waals surface area contributed by atoms with Crippen LogP contribution in [0.3, 0.4) is 0 Å². The van der Waals surface area contributed by atoms with Crippen LogP contribution in [0.25, 0.3) is 0 Å². The number of hydrogen-bond donors (Lipinski definition) is 2. The van der Waals surface area contributed by atoms with Crippen molar-refractivity contribution >= 4 is 21.5 Å². The lowest BCUT2D eigenvalue weighted by Gasteiger charge is -2.11. The van der Waals surface area contributed by atoms with Gasteiger partial charge in [-0.05, 0) is 56.3 Å². The lowest BCUT2D eigenvalue weighted by atomic mass is 10.3. The highest BCUT2D eigenvalue weighted by Gasteiger charge is 2.17. The largest absolute Gasteiger partial charge is 0.491 e. The molecule has 0 unspecified atom stereocenters. The fourth-order valence-corrected chi connectivity index (χ4v) is 2.70. The average molecular weight is 322 g/mol. The van der Waals surface area contributed by atoms with Crippen molar-refractivity contribution in [2.45, 2.75) is 24.8 Å². The van der Waals surface area contributed by atoms with Crippen LogP contribution in [0.15, 0.2) is 47.4 Å². The number of anilines is 2. The van der Waals surface area contributed by atoms with Crippen molar-refractivity contribution in [3.05, 3.63) is 42.5 Å². The molecular formula is C15H18N2O4S. The van der Waals surface area contributed by atoms with Crippen molar-refractivity contribution < 1.29 is 17.3 Å². The summed E-state index contributed by atoms with van der Waals surface area (Å²) in [6, 6.07) is 10.4. The summed E-state index contributed by atoms with van der Waals surface area (Å²) >= 11 is 0. The van der Waals surface area contributed by atoms with E-state index in [2.05, 4.69) is 0 Å². The van der Waals surface area contributed by atoms with E-state index in [9.17, 15) is 8.42 Å². The van der Waals surface area contributed by atoms with E-state index in [0.717, 1.165) is 0 Å². The molecule has 0 amide bonds. The van der Waals surface area contributed by atoms with E-state index in [1.807, 2.05) is 13.8 Å². The monoisotopic (exact) mass is 322 g/mol. The van der Waals surface area contributed by atoms with Crippen LogP contribution in [0.5, 0.6) is 11.5 Å². The number of rotatable bonds is 5. The third-order valence-electron chi connectivity index (χ3n) is 2.75. The van der Waals surface area contributed by atoms with Gasteiger partial charge < -0.3 is 20.4 Å². The van der Waals surface area contributed by atoms with Crippen molar-refractivity contribution in [2.75, 3.05) is 11.5 Å². The van der Waals surface area contributed by atoms with Crippen molar-refractivity contribution in [1.29, 1.82) is 0 Å². The summed E-state index contributed by atoms with van der Waals surface area (Å²) in [5.41, 5.74) is 11.7. The van der Waals surface area contributed by atoms with Gasteiger partial charge in [0.05, 0.1) is 17.5 Å².